The number of nitrogens with zero attached hydrogens (tertiary/aromatic N) is 3. The number of benzene rings is 2. The maximum atomic E-state index is 13.2. The summed E-state index contributed by atoms with van der Waals surface area (Å²) in [5.41, 5.74) is 0.995. The number of halogens is 2. The normalized spacial score (nSPS) is 11.4. The first-order valence-corrected chi connectivity index (χ1v) is 11.8. The number of aromatic nitrogens is 2. The van der Waals surface area contributed by atoms with Gasteiger partial charge in [-0.1, -0.05) is 29.8 Å². The lowest BCUT2D eigenvalue weighted by Gasteiger charge is -2.13. The molecule has 0 amide bonds. The highest BCUT2D eigenvalue weighted by Crippen LogP contribution is 2.33. The van der Waals surface area contributed by atoms with Gasteiger partial charge in [0.2, 0.25) is 0 Å². The lowest BCUT2D eigenvalue weighted by atomic mass is 10.2. The van der Waals surface area contributed by atoms with Gasteiger partial charge in [0.1, 0.15) is 5.82 Å². The molecule has 3 aromatic rings. The number of hydrogen-bond acceptors (Lipinski definition) is 7. The van der Waals surface area contributed by atoms with Crippen LogP contribution in [0, 0.1) is 0 Å². The standard InChI is InChI=1S/C23H23Br2N3O5/c1-5-32-21(29)12-33-20-10-17(25)14(8-19(20)31-4)11-26-28-22(13(2)3)27-18-7-6-15(24)9-16(18)23(28)30/h6-11,13H,5,12H2,1-4H3. The van der Waals surface area contributed by atoms with E-state index >= 15 is 0 Å². The van der Waals surface area contributed by atoms with E-state index in [9.17, 15) is 9.59 Å². The fourth-order valence-corrected chi connectivity index (χ4v) is 3.82. The van der Waals surface area contributed by atoms with Gasteiger partial charge in [-0.3, -0.25) is 4.79 Å². The molecule has 10 heteroatoms. The first kappa shape index (κ1) is 24.9. The number of methoxy groups -OCH3 is 1. The van der Waals surface area contributed by atoms with E-state index < -0.39 is 5.97 Å². The third-order valence-corrected chi connectivity index (χ3v) is 5.78. The van der Waals surface area contributed by atoms with Crippen LogP contribution in [0.2, 0.25) is 0 Å². The molecule has 0 atom stereocenters. The number of rotatable bonds is 8. The second kappa shape index (κ2) is 10.9. The topological polar surface area (TPSA) is 92.0 Å². The quantitative estimate of drug-likeness (QED) is 0.279. The molecule has 0 unspecified atom stereocenters. The Kier molecular flexibility index (Phi) is 8.25. The molecule has 0 radical (unpaired) electrons. The van der Waals surface area contributed by atoms with E-state index in [4.69, 9.17) is 14.2 Å². The van der Waals surface area contributed by atoms with E-state index in [1.165, 1.54) is 11.8 Å². The van der Waals surface area contributed by atoms with Gasteiger partial charge in [-0.05, 0) is 53.2 Å². The van der Waals surface area contributed by atoms with Crippen LogP contribution < -0.4 is 15.0 Å². The average Bonchev–Trinajstić information content (AvgIpc) is 2.78. The smallest absolute Gasteiger partial charge is 0.344 e. The molecule has 3 rings (SSSR count). The molecular formula is C23H23Br2N3O5. The van der Waals surface area contributed by atoms with Crippen LogP contribution in [0.3, 0.4) is 0 Å². The second-order valence-electron chi connectivity index (χ2n) is 7.27. The summed E-state index contributed by atoms with van der Waals surface area (Å²) in [6, 6.07) is 8.74. The van der Waals surface area contributed by atoms with Crippen LogP contribution >= 0.6 is 31.9 Å². The largest absolute Gasteiger partial charge is 0.493 e. The fourth-order valence-electron chi connectivity index (χ4n) is 3.03. The summed E-state index contributed by atoms with van der Waals surface area (Å²) in [5, 5.41) is 4.91. The molecule has 0 fully saturated rings. The summed E-state index contributed by atoms with van der Waals surface area (Å²) >= 11 is 6.89. The van der Waals surface area contributed by atoms with E-state index in [0.29, 0.717) is 38.3 Å². The van der Waals surface area contributed by atoms with Crippen molar-refractivity contribution in [2.24, 2.45) is 5.10 Å². The van der Waals surface area contributed by atoms with Crippen molar-refractivity contribution in [1.82, 2.24) is 9.66 Å². The van der Waals surface area contributed by atoms with Gasteiger partial charge in [-0.15, -0.1) is 0 Å². The van der Waals surface area contributed by atoms with Crippen LogP contribution in [-0.4, -0.2) is 42.2 Å². The van der Waals surface area contributed by atoms with E-state index in [0.717, 1.165) is 4.47 Å². The van der Waals surface area contributed by atoms with E-state index in [2.05, 4.69) is 41.9 Å². The molecule has 0 spiro atoms. The molecule has 174 valence electrons. The third kappa shape index (κ3) is 5.80. The molecule has 0 aliphatic carbocycles. The van der Waals surface area contributed by atoms with Gasteiger partial charge < -0.3 is 14.2 Å². The summed E-state index contributed by atoms with van der Waals surface area (Å²) in [4.78, 5) is 29.4. The Labute approximate surface area is 207 Å². The summed E-state index contributed by atoms with van der Waals surface area (Å²) < 4.78 is 18.5. The van der Waals surface area contributed by atoms with Gasteiger partial charge in [0, 0.05) is 20.4 Å². The zero-order valence-electron chi connectivity index (χ0n) is 18.6. The Hall–Kier alpha value is -2.72. The molecule has 0 N–H and O–H groups in total. The van der Waals surface area contributed by atoms with Gasteiger partial charge in [0.05, 0.1) is 30.8 Å². The van der Waals surface area contributed by atoms with Crippen molar-refractivity contribution in [3.05, 3.63) is 61.0 Å². The van der Waals surface area contributed by atoms with Crippen molar-refractivity contribution in [2.45, 2.75) is 26.7 Å². The van der Waals surface area contributed by atoms with Gasteiger partial charge in [0.15, 0.2) is 18.1 Å². The van der Waals surface area contributed by atoms with Crippen molar-refractivity contribution < 1.29 is 19.0 Å². The maximum Gasteiger partial charge on any atom is 0.344 e. The minimum atomic E-state index is -0.475. The van der Waals surface area contributed by atoms with Crippen molar-refractivity contribution in [1.29, 1.82) is 0 Å². The van der Waals surface area contributed by atoms with Crippen LogP contribution in [0.25, 0.3) is 10.9 Å². The highest BCUT2D eigenvalue weighted by atomic mass is 79.9. The SMILES string of the molecule is CCOC(=O)COc1cc(Br)c(C=Nn2c(C(C)C)nc3ccc(Br)cc3c2=O)cc1OC. The summed E-state index contributed by atoms with van der Waals surface area (Å²) in [5.74, 6) is 0.813. The average molecular weight is 581 g/mol. The second-order valence-corrected chi connectivity index (χ2v) is 9.04. The number of hydrogen-bond donors (Lipinski definition) is 0. The highest BCUT2D eigenvalue weighted by molar-refractivity contribution is 9.10. The number of esters is 1. The number of carbonyl (C=O) groups is 1. The number of fused-ring (bicyclic) bond motifs is 1. The Morgan fingerprint density at radius 3 is 2.64 bits per heavy atom. The maximum absolute atomic E-state index is 13.2. The molecule has 0 saturated heterocycles. The Morgan fingerprint density at radius 1 is 1.21 bits per heavy atom. The Morgan fingerprint density at radius 2 is 1.97 bits per heavy atom. The van der Waals surface area contributed by atoms with Gasteiger partial charge in [-0.2, -0.15) is 9.78 Å². The van der Waals surface area contributed by atoms with Crippen molar-refractivity contribution >= 4 is 54.9 Å². The molecule has 2 aromatic carbocycles. The fraction of sp³-hybridized carbons (Fsp3) is 0.304. The summed E-state index contributed by atoms with van der Waals surface area (Å²) in [6.45, 7) is 5.66. The zero-order valence-corrected chi connectivity index (χ0v) is 21.8. The van der Waals surface area contributed by atoms with Gasteiger partial charge in [-0.25, -0.2) is 9.78 Å². The predicted octanol–water partition coefficient (Wildman–Crippen LogP) is 4.88. The molecule has 0 aliphatic rings. The minimum absolute atomic E-state index is 0.0282. The molecule has 0 saturated carbocycles. The molecular weight excluding hydrogens is 558 g/mol. The summed E-state index contributed by atoms with van der Waals surface area (Å²) in [7, 11) is 1.49. The van der Waals surface area contributed by atoms with Crippen LogP contribution in [0.5, 0.6) is 11.5 Å². The summed E-state index contributed by atoms with van der Waals surface area (Å²) in [6.07, 6.45) is 1.54. The van der Waals surface area contributed by atoms with Crippen LogP contribution in [-0.2, 0) is 9.53 Å². The predicted molar refractivity (Wildman–Crippen MR) is 134 cm³/mol. The number of carbonyl (C=O) groups excluding carboxylic acids is 1. The van der Waals surface area contributed by atoms with Crippen LogP contribution in [0.15, 0.2) is 49.2 Å². The lowest BCUT2D eigenvalue weighted by Crippen LogP contribution is -2.23. The third-order valence-electron chi connectivity index (χ3n) is 4.60. The molecule has 0 bridgehead atoms. The molecule has 1 aromatic heterocycles. The van der Waals surface area contributed by atoms with E-state index in [1.807, 2.05) is 19.9 Å². The van der Waals surface area contributed by atoms with E-state index in [1.54, 1.807) is 37.4 Å². The first-order chi connectivity index (χ1) is 15.7. The lowest BCUT2D eigenvalue weighted by molar-refractivity contribution is -0.145. The van der Waals surface area contributed by atoms with Crippen LogP contribution in [0.1, 0.15) is 38.1 Å². The monoisotopic (exact) mass is 579 g/mol. The first-order valence-electron chi connectivity index (χ1n) is 10.2. The Balaban J connectivity index is 2.01. The molecule has 8 nitrogen and oxygen atoms in total. The van der Waals surface area contributed by atoms with Crippen molar-refractivity contribution in [2.75, 3.05) is 20.3 Å². The number of ether oxygens (including phenoxy) is 3. The zero-order chi connectivity index (χ0) is 24.1. The van der Waals surface area contributed by atoms with Crippen LogP contribution in [0.4, 0.5) is 0 Å². The van der Waals surface area contributed by atoms with Gasteiger partial charge in [0.25, 0.3) is 5.56 Å². The highest BCUT2D eigenvalue weighted by Gasteiger charge is 2.15. The van der Waals surface area contributed by atoms with Crippen molar-refractivity contribution in [3.8, 4) is 11.5 Å². The molecule has 33 heavy (non-hydrogen) atoms. The van der Waals surface area contributed by atoms with Crippen molar-refractivity contribution in [3.63, 3.8) is 0 Å². The van der Waals surface area contributed by atoms with E-state index in [-0.39, 0.29) is 24.7 Å². The Bertz CT molecular complexity index is 1270. The minimum Gasteiger partial charge on any atom is -0.493 e. The molecule has 1 heterocycles. The van der Waals surface area contributed by atoms with Gasteiger partial charge >= 0.3 is 5.97 Å². The molecule has 0 aliphatic heterocycles.